The molecule has 2 unspecified atom stereocenters. The van der Waals surface area contributed by atoms with Crippen molar-refractivity contribution >= 4 is 17.7 Å². The van der Waals surface area contributed by atoms with Gasteiger partial charge in [-0.15, -0.1) is 6.58 Å². The fraction of sp³-hybridized carbons (Fsp3) is 0.844. The monoisotopic (exact) mass is 838 g/mol. The molecule has 59 heavy (non-hydrogen) atoms. The number of rotatable bonds is 11. The van der Waals surface area contributed by atoms with Crippen molar-refractivity contribution in [3.8, 4) is 0 Å². The summed E-state index contributed by atoms with van der Waals surface area (Å²) < 4.78 is 58.0. The van der Waals surface area contributed by atoms with Gasteiger partial charge in [-0.25, -0.2) is 0 Å². The third-order valence-electron chi connectivity index (χ3n) is 13.6. The number of carbonyl (C=O) groups is 3. The average Bonchev–Trinajstić information content (AvgIpc) is 3.48. The highest BCUT2D eigenvalue weighted by atomic mass is 16.7. The topological polar surface area (TPSA) is 158 Å². The summed E-state index contributed by atoms with van der Waals surface area (Å²) in [7, 11) is 5.35. The van der Waals surface area contributed by atoms with E-state index in [2.05, 4.69) is 13.2 Å². The van der Waals surface area contributed by atoms with Gasteiger partial charge in [-0.05, 0) is 80.5 Å². The van der Waals surface area contributed by atoms with Crippen molar-refractivity contribution in [3.05, 3.63) is 24.8 Å². The van der Waals surface area contributed by atoms with Crippen LogP contribution < -0.4 is 0 Å². The number of aliphatic hydroxyl groups excluding tert-OH is 1. The highest BCUT2D eigenvalue weighted by Crippen LogP contribution is 2.47. The number of methoxy groups -OCH3 is 1. The Morgan fingerprint density at radius 3 is 2.22 bits per heavy atom. The Balaban J connectivity index is 1.92. The van der Waals surface area contributed by atoms with Crippen molar-refractivity contribution in [3.63, 3.8) is 0 Å². The lowest BCUT2D eigenvalue weighted by Crippen LogP contribution is -2.61. The molecule has 14 nitrogen and oxygen atoms in total. The molecule has 1 N–H and O–H groups in total. The quantitative estimate of drug-likeness (QED) is 0.208. The Hall–Kier alpha value is -2.27. The van der Waals surface area contributed by atoms with E-state index in [4.69, 9.17) is 42.6 Å². The van der Waals surface area contributed by atoms with Crippen LogP contribution in [0.15, 0.2) is 24.8 Å². The van der Waals surface area contributed by atoms with E-state index in [0.717, 1.165) is 5.57 Å². The molecule has 4 heterocycles. The number of hydrogen-bond donors (Lipinski definition) is 1. The molecule has 0 bridgehead atoms. The van der Waals surface area contributed by atoms with E-state index in [1.165, 1.54) is 6.92 Å². The molecule has 0 aromatic carbocycles. The molecule has 338 valence electrons. The van der Waals surface area contributed by atoms with Crippen LogP contribution in [0, 0.1) is 29.6 Å². The second kappa shape index (κ2) is 19.8. The van der Waals surface area contributed by atoms with Crippen molar-refractivity contribution in [2.45, 2.75) is 180 Å². The number of hydrogen-bond acceptors (Lipinski definition) is 14. The van der Waals surface area contributed by atoms with Crippen LogP contribution in [0.2, 0.25) is 0 Å². The van der Waals surface area contributed by atoms with E-state index in [1.54, 1.807) is 27.0 Å². The minimum atomic E-state index is -1.24. The maximum Gasteiger partial charge on any atom is 0.311 e. The molecule has 18 atom stereocenters. The zero-order chi connectivity index (χ0) is 44.4. The first-order chi connectivity index (χ1) is 27.5. The summed E-state index contributed by atoms with van der Waals surface area (Å²) in [5, 5.41) is 11.8. The molecule has 0 amide bonds. The predicted molar refractivity (Wildman–Crippen MR) is 220 cm³/mol. The molecule has 4 rings (SSSR count). The van der Waals surface area contributed by atoms with Crippen LogP contribution in [-0.2, 0) is 57.0 Å². The average molecular weight is 838 g/mol. The molecule has 0 aromatic rings. The molecular formula is C45H75NO13. The molecular weight excluding hydrogens is 762 g/mol. The zero-order valence-corrected chi connectivity index (χ0v) is 38.2. The van der Waals surface area contributed by atoms with E-state index < -0.39 is 108 Å². The lowest BCUT2D eigenvalue weighted by Gasteiger charge is -2.50. The Morgan fingerprint density at radius 2 is 1.64 bits per heavy atom. The lowest BCUT2D eigenvalue weighted by atomic mass is 9.69. The van der Waals surface area contributed by atoms with Gasteiger partial charge in [0.1, 0.15) is 29.2 Å². The summed E-state index contributed by atoms with van der Waals surface area (Å²) in [6.45, 7) is 28.6. The fourth-order valence-electron chi connectivity index (χ4n) is 10.4. The van der Waals surface area contributed by atoms with Gasteiger partial charge in [0.05, 0.1) is 49.1 Å². The van der Waals surface area contributed by atoms with Crippen LogP contribution >= 0.6 is 0 Å². The van der Waals surface area contributed by atoms with Gasteiger partial charge in [-0.2, -0.15) is 0 Å². The van der Waals surface area contributed by atoms with Gasteiger partial charge in [-0.1, -0.05) is 40.3 Å². The van der Waals surface area contributed by atoms with E-state index in [-0.39, 0.29) is 44.0 Å². The van der Waals surface area contributed by atoms with E-state index in [0.29, 0.717) is 12.8 Å². The maximum atomic E-state index is 14.7. The van der Waals surface area contributed by atoms with Crippen molar-refractivity contribution in [2.24, 2.45) is 29.6 Å². The first-order valence-electron chi connectivity index (χ1n) is 21.5. The number of Topliss-reactive ketones (excluding diaryl/α,β-unsaturated/α-hetero) is 1. The molecule has 0 radical (unpaired) electrons. The summed E-state index contributed by atoms with van der Waals surface area (Å²) in [4.78, 5) is 43.5. The zero-order valence-electron chi connectivity index (χ0n) is 38.2. The molecule has 4 fully saturated rings. The number of esters is 2. The van der Waals surface area contributed by atoms with E-state index in [9.17, 15) is 19.5 Å². The van der Waals surface area contributed by atoms with Gasteiger partial charge in [0, 0.05) is 50.2 Å². The van der Waals surface area contributed by atoms with Crippen molar-refractivity contribution in [1.29, 1.82) is 0 Å². The van der Waals surface area contributed by atoms with Gasteiger partial charge in [0.25, 0.3) is 0 Å². The summed E-state index contributed by atoms with van der Waals surface area (Å²) in [5.74, 6) is -4.18. The number of fused-ring (bicyclic) bond motifs is 1. The second-order valence-corrected chi connectivity index (χ2v) is 18.5. The smallest absolute Gasteiger partial charge is 0.311 e. The van der Waals surface area contributed by atoms with Crippen LogP contribution in [0.1, 0.15) is 102 Å². The summed E-state index contributed by atoms with van der Waals surface area (Å²) in [6, 6.07) is -0.281. The summed E-state index contributed by atoms with van der Waals surface area (Å²) in [6.07, 6.45) is -4.40. The second-order valence-electron chi connectivity index (χ2n) is 18.5. The van der Waals surface area contributed by atoms with Gasteiger partial charge in [-0.3, -0.25) is 14.4 Å². The maximum absolute atomic E-state index is 14.7. The largest absolute Gasteiger partial charge is 0.459 e. The Labute approximate surface area is 352 Å². The van der Waals surface area contributed by atoms with Crippen LogP contribution in [0.25, 0.3) is 0 Å². The van der Waals surface area contributed by atoms with Gasteiger partial charge >= 0.3 is 11.9 Å². The molecule has 0 aromatic heterocycles. The fourth-order valence-corrected chi connectivity index (χ4v) is 10.4. The predicted octanol–water partition coefficient (Wildman–Crippen LogP) is 5.42. The van der Waals surface area contributed by atoms with Crippen molar-refractivity contribution < 1.29 is 62.1 Å². The minimum Gasteiger partial charge on any atom is -0.459 e. The molecule has 4 saturated heterocycles. The molecule has 14 heteroatoms. The summed E-state index contributed by atoms with van der Waals surface area (Å²) in [5.41, 5.74) is -2.52. The Kier molecular flexibility index (Phi) is 16.6. The number of aliphatic hydroxyl groups is 1. The van der Waals surface area contributed by atoms with Crippen LogP contribution in [0.4, 0.5) is 0 Å². The lowest BCUT2D eigenvalue weighted by molar-refractivity contribution is -0.320. The minimum absolute atomic E-state index is 0.0202. The van der Waals surface area contributed by atoms with Gasteiger partial charge in [0.2, 0.25) is 0 Å². The Morgan fingerprint density at radius 1 is 0.983 bits per heavy atom. The van der Waals surface area contributed by atoms with Gasteiger partial charge < -0.3 is 52.6 Å². The number of cyclic esters (lactones) is 1. The van der Waals surface area contributed by atoms with E-state index >= 15 is 0 Å². The molecule has 0 saturated carbocycles. The third-order valence-corrected chi connectivity index (χ3v) is 13.6. The summed E-state index contributed by atoms with van der Waals surface area (Å²) >= 11 is 0. The standard InChI is InChI=1S/C45H75NO13/c1-17-19-52-44(12)21-24(3)36(48)27(6)35-25(4)23-53-45(35,13)33(18-2)57-41(50)29(8)38(58-34-22-43(11,51-16)40(30(9)55-34)56-31(10)47)28(7)39(44)59-42-37(49)32(46(14)15)20-26(5)54-42/h17,24,26-30,32-35,37-40,42,49H,1,4,18-23H2,2-3,5-16H3/t24-,26-,27?,28+,29-,30+,32+,33-,34?,35+,37-,38+,39-,40+,42+,43-,44-,45-/m1/s1. The highest BCUT2D eigenvalue weighted by molar-refractivity contribution is 5.84. The Bertz CT molecular complexity index is 1490. The number of ketones is 1. The first-order valence-corrected chi connectivity index (χ1v) is 21.5. The molecule has 0 spiro atoms. The van der Waals surface area contributed by atoms with E-state index in [1.807, 2.05) is 74.4 Å². The highest BCUT2D eigenvalue weighted by Gasteiger charge is 2.57. The number of ether oxygens (including phenoxy) is 9. The molecule has 4 aliphatic heterocycles. The van der Waals surface area contributed by atoms with Crippen molar-refractivity contribution in [2.75, 3.05) is 34.4 Å². The number of likely N-dealkylation sites (N-methyl/N-ethyl adjacent to an activating group) is 1. The molecule has 4 aliphatic rings. The van der Waals surface area contributed by atoms with Crippen LogP contribution in [-0.4, -0.2) is 140 Å². The first kappa shape index (κ1) is 49.4. The molecule has 0 aliphatic carbocycles. The van der Waals surface area contributed by atoms with Crippen LogP contribution in [0.3, 0.4) is 0 Å². The number of carbonyl (C=O) groups excluding carboxylic acids is 3. The number of nitrogens with zero attached hydrogens (tertiary/aromatic N) is 1. The van der Waals surface area contributed by atoms with Crippen molar-refractivity contribution in [1.82, 2.24) is 4.90 Å². The normalized spacial score (nSPS) is 45.4. The SMILES string of the molecule is C=CCO[C@]1(C)C[C@@H](C)C(=O)C(C)[C@@H]2C(=C)CO[C@]2(C)[C@@H](CC)OC(=O)[C@H](C)[C@@H](OC2C[C@@](C)(OC)[C@@H](OC(C)=O)[C@H](C)O2)[C@H](C)[C@H]1O[C@@H]1O[C@H](C)C[C@H](N(C)C)[C@H]1O. The third kappa shape index (κ3) is 10.5. The van der Waals surface area contributed by atoms with Gasteiger partial charge in [0.15, 0.2) is 18.7 Å². The van der Waals surface area contributed by atoms with Crippen LogP contribution in [0.5, 0.6) is 0 Å².